The number of hydrogen-bond acceptors (Lipinski definition) is 0. The monoisotopic (exact) mass is 332 g/mol. The Hall–Kier alpha value is -3.06. The van der Waals surface area contributed by atoms with Crippen LogP contribution in [0.25, 0.3) is 0 Å². The van der Waals surface area contributed by atoms with E-state index in [-0.39, 0.29) is 6.71 Å². The van der Waals surface area contributed by atoms with Gasteiger partial charge in [0.1, 0.15) is 0 Å². The lowest BCUT2D eigenvalue weighted by molar-refractivity contribution is 1.21. The summed E-state index contributed by atoms with van der Waals surface area (Å²) in [4.78, 5) is 0. The zero-order chi connectivity index (χ0) is 17.6. The van der Waals surface area contributed by atoms with Gasteiger partial charge in [-0.15, -0.1) is 0 Å². The first-order valence-corrected chi connectivity index (χ1v) is 9.13. The van der Waals surface area contributed by atoms with Gasteiger partial charge >= 0.3 is 0 Å². The van der Waals surface area contributed by atoms with Crippen molar-refractivity contribution < 1.29 is 0 Å². The molecule has 0 heterocycles. The smallest absolute Gasteiger partial charge is 0.0687 e. The Balaban J connectivity index is 1.82. The van der Waals surface area contributed by atoms with Crippen LogP contribution in [0.3, 0.4) is 0 Å². The lowest BCUT2D eigenvalue weighted by Crippen LogP contribution is -2.53. The SMILES string of the molecule is c1ccc(Cc2ccccc2B(c2ccccc2)c2ccccc2)cc1. The van der Waals surface area contributed by atoms with Crippen molar-refractivity contribution >= 4 is 23.1 Å². The van der Waals surface area contributed by atoms with E-state index in [0.717, 1.165) is 6.42 Å². The largest absolute Gasteiger partial charge is 0.241 e. The highest BCUT2D eigenvalue weighted by molar-refractivity contribution is 6.95. The van der Waals surface area contributed by atoms with Crippen molar-refractivity contribution in [3.05, 3.63) is 126 Å². The van der Waals surface area contributed by atoms with Crippen LogP contribution in [0, 0.1) is 0 Å². The summed E-state index contributed by atoms with van der Waals surface area (Å²) in [6.45, 7) is 0.248. The van der Waals surface area contributed by atoms with Gasteiger partial charge in [0, 0.05) is 0 Å². The van der Waals surface area contributed by atoms with Crippen molar-refractivity contribution in [3.63, 3.8) is 0 Å². The Labute approximate surface area is 156 Å². The van der Waals surface area contributed by atoms with Crippen LogP contribution in [0.1, 0.15) is 11.1 Å². The van der Waals surface area contributed by atoms with Crippen LogP contribution in [0.2, 0.25) is 0 Å². The molecule has 0 aliphatic rings. The lowest BCUT2D eigenvalue weighted by atomic mass is 9.36. The second-order valence-corrected chi connectivity index (χ2v) is 6.62. The van der Waals surface area contributed by atoms with Gasteiger partial charge in [-0.25, -0.2) is 0 Å². The van der Waals surface area contributed by atoms with Gasteiger partial charge in [-0.2, -0.15) is 0 Å². The molecule has 0 saturated heterocycles. The normalized spacial score (nSPS) is 10.5. The van der Waals surface area contributed by atoms with Gasteiger partial charge in [0.25, 0.3) is 0 Å². The molecule has 0 fully saturated rings. The molecule has 0 amide bonds. The van der Waals surface area contributed by atoms with Gasteiger partial charge in [-0.05, 0) is 17.5 Å². The average molecular weight is 332 g/mol. The Kier molecular flexibility index (Phi) is 4.98. The summed E-state index contributed by atoms with van der Waals surface area (Å²) in [7, 11) is 0. The molecule has 0 spiro atoms. The number of hydrogen-bond donors (Lipinski definition) is 0. The standard InChI is InChI=1S/C25H21B/c1-4-12-21(13-5-1)20-22-14-10-11-19-25(22)26(23-15-6-2-7-16-23)24-17-8-3-9-18-24/h1-19H,20H2. The summed E-state index contributed by atoms with van der Waals surface area (Å²) in [5.74, 6) is 0. The van der Waals surface area contributed by atoms with Gasteiger partial charge < -0.3 is 0 Å². The minimum atomic E-state index is 0.248. The van der Waals surface area contributed by atoms with E-state index >= 15 is 0 Å². The fourth-order valence-corrected chi connectivity index (χ4v) is 3.64. The fourth-order valence-electron chi connectivity index (χ4n) is 3.64. The highest BCUT2D eigenvalue weighted by atomic mass is 14.1. The molecule has 26 heavy (non-hydrogen) atoms. The molecule has 4 aromatic carbocycles. The molecule has 4 rings (SSSR count). The molecule has 0 bridgehead atoms. The van der Waals surface area contributed by atoms with Crippen LogP contribution in [0.5, 0.6) is 0 Å². The Morgan fingerprint density at radius 3 is 1.50 bits per heavy atom. The quantitative estimate of drug-likeness (QED) is 0.488. The topological polar surface area (TPSA) is 0 Å². The molecule has 0 aliphatic carbocycles. The van der Waals surface area contributed by atoms with E-state index in [1.54, 1.807) is 0 Å². The van der Waals surface area contributed by atoms with E-state index in [0.29, 0.717) is 0 Å². The molecule has 0 N–H and O–H groups in total. The van der Waals surface area contributed by atoms with Crippen molar-refractivity contribution in [2.75, 3.05) is 0 Å². The predicted octanol–water partition coefficient (Wildman–Crippen LogP) is 3.79. The van der Waals surface area contributed by atoms with E-state index in [1.165, 1.54) is 27.5 Å². The molecule has 4 aromatic rings. The van der Waals surface area contributed by atoms with Crippen LogP contribution < -0.4 is 16.4 Å². The Morgan fingerprint density at radius 2 is 0.923 bits per heavy atom. The first-order chi connectivity index (χ1) is 12.9. The molecular formula is C25H21B. The summed E-state index contributed by atoms with van der Waals surface area (Å²) in [6.07, 6.45) is 0.952. The molecule has 0 saturated carbocycles. The summed E-state index contributed by atoms with van der Waals surface area (Å²) in [5, 5.41) is 0. The van der Waals surface area contributed by atoms with Crippen molar-refractivity contribution in [1.82, 2.24) is 0 Å². The maximum Gasteiger partial charge on any atom is 0.241 e. The zero-order valence-electron chi connectivity index (χ0n) is 14.8. The number of rotatable bonds is 5. The summed E-state index contributed by atoms with van der Waals surface area (Å²) >= 11 is 0. The molecule has 0 nitrogen and oxygen atoms in total. The van der Waals surface area contributed by atoms with Crippen molar-refractivity contribution in [2.45, 2.75) is 6.42 Å². The van der Waals surface area contributed by atoms with Crippen molar-refractivity contribution in [2.24, 2.45) is 0 Å². The second-order valence-electron chi connectivity index (χ2n) is 6.62. The van der Waals surface area contributed by atoms with Gasteiger partial charge in [0.2, 0.25) is 6.71 Å². The zero-order valence-corrected chi connectivity index (χ0v) is 14.8. The maximum atomic E-state index is 2.28. The molecule has 124 valence electrons. The highest BCUT2D eigenvalue weighted by Crippen LogP contribution is 2.09. The van der Waals surface area contributed by atoms with Crippen LogP contribution in [-0.2, 0) is 6.42 Å². The van der Waals surface area contributed by atoms with Crippen LogP contribution >= 0.6 is 0 Å². The van der Waals surface area contributed by atoms with Crippen LogP contribution in [0.15, 0.2) is 115 Å². The van der Waals surface area contributed by atoms with Crippen LogP contribution in [0.4, 0.5) is 0 Å². The second kappa shape index (κ2) is 7.88. The predicted molar refractivity (Wildman–Crippen MR) is 113 cm³/mol. The van der Waals surface area contributed by atoms with E-state index in [4.69, 9.17) is 0 Å². The first-order valence-electron chi connectivity index (χ1n) is 9.13. The summed E-state index contributed by atoms with van der Waals surface area (Å²) < 4.78 is 0. The minimum Gasteiger partial charge on any atom is -0.0687 e. The lowest BCUT2D eigenvalue weighted by Gasteiger charge is -2.19. The van der Waals surface area contributed by atoms with Gasteiger partial charge in [-0.1, -0.05) is 132 Å². The minimum absolute atomic E-state index is 0.248. The third kappa shape index (κ3) is 3.62. The Morgan fingerprint density at radius 1 is 0.462 bits per heavy atom. The van der Waals surface area contributed by atoms with Crippen LogP contribution in [-0.4, -0.2) is 6.71 Å². The molecule has 0 radical (unpaired) electrons. The van der Waals surface area contributed by atoms with E-state index in [2.05, 4.69) is 115 Å². The maximum absolute atomic E-state index is 2.28. The highest BCUT2D eigenvalue weighted by Gasteiger charge is 2.23. The van der Waals surface area contributed by atoms with Crippen molar-refractivity contribution in [1.29, 1.82) is 0 Å². The molecule has 0 aliphatic heterocycles. The number of benzene rings is 4. The Bertz CT molecular complexity index is 907. The van der Waals surface area contributed by atoms with Gasteiger partial charge in [-0.3, -0.25) is 0 Å². The van der Waals surface area contributed by atoms with E-state index in [9.17, 15) is 0 Å². The summed E-state index contributed by atoms with van der Waals surface area (Å²) in [6, 6.07) is 41.2. The van der Waals surface area contributed by atoms with E-state index < -0.39 is 0 Å². The van der Waals surface area contributed by atoms with E-state index in [1.807, 2.05) is 0 Å². The molecular weight excluding hydrogens is 311 g/mol. The van der Waals surface area contributed by atoms with Gasteiger partial charge in [0.05, 0.1) is 0 Å². The van der Waals surface area contributed by atoms with Gasteiger partial charge in [0.15, 0.2) is 0 Å². The molecule has 0 unspecified atom stereocenters. The molecule has 0 aromatic heterocycles. The molecule has 1 heteroatoms. The molecule has 0 atom stereocenters. The average Bonchev–Trinajstić information content (AvgIpc) is 2.72. The third-order valence-corrected chi connectivity index (χ3v) is 4.87. The fraction of sp³-hybridized carbons (Fsp3) is 0.0400. The van der Waals surface area contributed by atoms with Crippen molar-refractivity contribution in [3.8, 4) is 0 Å². The summed E-state index contributed by atoms with van der Waals surface area (Å²) in [5.41, 5.74) is 6.78. The third-order valence-electron chi connectivity index (χ3n) is 4.87. The first kappa shape index (κ1) is 16.4.